The fraction of sp³-hybridized carbons (Fsp3) is 0.588. The number of halogens is 1. The molecule has 4 nitrogen and oxygen atoms in total. The molecule has 0 spiro atoms. The van der Waals surface area contributed by atoms with Gasteiger partial charge in [-0.3, -0.25) is 4.79 Å². The van der Waals surface area contributed by atoms with E-state index in [-0.39, 0.29) is 24.4 Å². The highest BCUT2D eigenvalue weighted by molar-refractivity contribution is 5.85. The lowest BCUT2D eigenvalue weighted by Crippen LogP contribution is -2.40. The van der Waals surface area contributed by atoms with Crippen LogP contribution in [0, 0.1) is 12.8 Å². The van der Waals surface area contributed by atoms with Crippen molar-refractivity contribution in [3.63, 3.8) is 0 Å². The van der Waals surface area contributed by atoms with Crippen LogP contribution in [0.4, 0.5) is 0 Å². The van der Waals surface area contributed by atoms with Crippen LogP contribution in [0.5, 0.6) is 5.75 Å². The zero-order chi connectivity index (χ0) is 15.1. The van der Waals surface area contributed by atoms with Crippen LogP contribution < -0.4 is 15.4 Å². The molecule has 124 valence electrons. The molecule has 1 unspecified atom stereocenters. The highest BCUT2D eigenvalue weighted by Crippen LogP contribution is 2.27. The SMILES string of the molecule is CCC(CNC(=O)CNCC1CC1)Oc1cccc(C)c1.Cl. The molecule has 22 heavy (non-hydrogen) atoms. The van der Waals surface area contributed by atoms with Gasteiger partial charge < -0.3 is 15.4 Å². The van der Waals surface area contributed by atoms with Gasteiger partial charge in [-0.25, -0.2) is 0 Å². The predicted molar refractivity (Wildman–Crippen MR) is 91.7 cm³/mol. The molecule has 0 heterocycles. The Balaban J connectivity index is 0.00000242. The zero-order valence-corrected chi connectivity index (χ0v) is 14.2. The third kappa shape index (κ3) is 7.14. The number of carbonyl (C=O) groups is 1. The Morgan fingerprint density at radius 1 is 1.41 bits per heavy atom. The summed E-state index contributed by atoms with van der Waals surface area (Å²) in [4.78, 5) is 11.7. The van der Waals surface area contributed by atoms with Crippen LogP contribution in [-0.4, -0.2) is 31.6 Å². The smallest absolute Gasteiger partial charge is 0.234 e. The summed E-state index contributed by atoms with van der Waals surface area (Å²) in [6.07, 6.45) is 3.48. The third-order valence-corrected chi connectivity index (χ3v) is 3.69. The molecule has 0 aliphatic heterocycles. The summed E-state index contributed by atoms with van der Waals surface area (Å²) >= 11 is 0. The molecule has 1 atom stereocenters. The Morgan fingerprint density at radius 3 is 2.82 bits per heavy atom. The first-order valence-corrected chi connectivity index (χ1v) is 7.88. The van der Waals surface area contributed by atoms with Gasteiger partial charge in [0.25, 0.3) is 0 Å². The zero-order valence-electron chi connectivity index (χ0n) is 13.4. The molecule has 2 N–H and O–H groups in total. The number of aryl methyl sites for hydroxylation is 1. The summed E-state index contributed by atoms with van der Waals surface area (Å²) in [6, 6.07) is 8.00. The summed E-state index contributed by atoms with van der Waals surface area (Å²) in [5.74, 6) is 1.70. The highest BCUT2D eigenvalue weighted by Gasteiger charge is 2.20. The van der Waals surface area contributed by atoms with Crippen LogP contribution in [0.2, 0.25) is 0 Å². The number of nitrogens with one attached hydrogen (secondary N) is 2. The maximum atomic E-state index is 11.7. The number of amides is 1. The van der Waals surface area contributed by atoms with Gasteiger partial charge >= 0.3 is 0 Å². The van der Waals surface area contributed by atoms with Gasteiger partial charge in [-0.1, -0.05) is 19.1 Å². The lowest BCUT2D eigenvalue weighted by atomic mass is 10.2. The van der Waals surface area contributed by atoms with Crippen LogP contribution in [0.15, 0.2) is 24.3 Å². The Hall–Kier alpha value is -1.26. The van der Waals surface area contributed by atoms with Gasteiger partial charge in [0.2, 0.25) is 5.91 Å². The van der Waals surface area contributed by atoms with E-state index in [1.54, 1.807) is 0 Å². The third-order valence-electron chi connectivity index (χ3n) is 3.69. The maximum Gasteiger partial charge on any atom is 0.234 e. The van der Waals surface area contributed by atoms with Crippen LogP contribution in [0.1, 0.15) is 31.7 Å². The van der Waals surface area contributed by atoms with Crippen LogP contribution in [0.3, 0.4) is 0 Å². The quantitative estimate of drug-likeness (QED) is 0.733. The molecule has 0 radical (unpaired) electrons. The van der Waals surface area contributed by atoms with Gasteiger partial charge in [0.1, 0.15) is 11.9 Å². The predicted octanol–water partition coefficient (Wildman–Crippen LogP) is 2.69. The Morgan fingerprint density at radius 2 is 2.18 bits per heavy atom. The summed E-state index contributed by atoms with van der Waals surface area (Å²) in [6.45, 7) is 6.02. The molecule has 1 fully saturated rings. The number of carbonyl (C=O) groups excluding carboxylic acids is 1. The normalized spacial score (nSPS) is 14.8. The van der Waals surface area contributed by atoms with Gasteiger partial charge in [-0.05, 0) is 56.3 Å². The maximum absolute atomic E-state index is 11.7. The molecule has 1 aromatic rings. The van der Waals surface area contributed by atoms with Gasteiger partial charge in [0.15, 0.2) is 0 Å². The molecule has 2 rings (SSSR count). The highest BCUT2D eigenvalue weighted by atomic mass is 35.5. The van der Waals surface area contributed by atoms with Crippen molar-refractivity contribution in [1.29, 1.82) is 0 Å². The van der Waals surface area contributed by atoms with E-state index in [0.717, 1.165) is 24.6 Å². The van der Waals surface area contributed by atoms with Gasteiger partial charge in [-0.2, -0.15) is 0 Å². The van der Waals surface area contributed by atoms with Gasteiger partial charge in [0.05, 0.1) is 13.1 Å². The molecule has 1 amide bonds. The summed E-state index contributed by atoms with van der Waals surface area (Å²) in [5.41, 5.74) is 1.18. The van der Waals surface area contributed by atoms with Crippen molar-refractivity contribution in [3.05, 3.63) is 29.8 Å². The van der Waals surface area contributed by atoms with E-state index in [0.29, 0.717) is 13.1 Å². The average Bonchev–Trinajstić information content (AvgIpc) is 3.27. The number of hydrogen-bond donors (Lipinski definition) is 2. The topological polar surface area (TPSA) is 50.4 Å². The van der Waals surface area contributed by atoms with E-state index in [1.807, 2.05) is 31.2 Å². The largest absolute Gasteiger partial charge is 0.489 e. The second-order valence-corrected chi connectivity index (χ2v) is 5.84. The fourth-order valence-corrected chi connectivity index (χ4v) is 2.15. The molecule has 1 aromatic carbocycles. The van der Waals surface area contributed by atoms with Crippen molar-refractivity contribution in [2.24, 2.45) is 5.92 Å². The van der Waals surface area contributed by atoms with Crippen molar-refractivity contribution in [2.75, 3.05) is 19.6 Å². The molecule has 0 saturated heterocycles. The van der Waals surface area contributed by atoms with E-state index < -0.39 is 0 Å². The summed E-state index contributed by atoms with van der Waals surface area (Å²) in [7, 11) is 0. The van der Waals surface area contributed by atoms with Gasteiger partial charge in [0, 0.05) is 0 Å². The minimum Gasteiger partial charge on any atom is -0.489 e. The molecule has 5 heteroatoms. The first-order chi connectivity index (χ1) is 10.2. The Labute approximate surface area is 139 Å². The second kappa shape index (κ2) is 9.70. The van der Waals surface area contributed by atoms with E-state index in [4.69, 9.17) is 4.74 Å². The first-order valence-electron chi connectivity index (χ1n) is 7.88. The molecular weight excluding hydrogens is 300 g/mol. The minimum absolute atomic E-state index is 0. The van der Waals surface area contributed by atoms with E-state index in [1.165, 1.54) is 18.4 Å². The lowest BCUT2D eigenvalue weighted by molar-refractivity contribution is -0.120. The lowest BCUT2D eigenvalue weighted by Gasteiger charge is -2.18. The van der Waals surface area contributed by atoms with E-state index >= 15 is 0 Å². The van der Waals surface area contributed by atoms with Gasteiger partial charge in [-0.15, -0.1) is 12.4 Å². The van der Waals surface area contributed by atoms with Crippen LogP contribution in [-0.2, 0) is 4.79 Å². The first kappa shape index (κ1) is 18.8. The minimum atomic E-state index is 0. The number of rotatable bonds is 9. The molecule has 1 saturated carbocycles. The van der Waals surface area contributed by atoms with Crippen LogP contribution in [0.25, 0.3) is 0 Å². The Bertz CT molecular complexity index is 464. The van der Waals surface area contributed by atoms with Crippen molar-refractivity contribution in [1.82, 2.24) is 10.6 Å². The standard InChI is InChI=1S/C17H26N2O2.ClH/c1-3-15(21-16-6-4-5-13(2)9-16)11-19-17(20)12-18-10-14-7-8-14;/h4-6,9,14-15,18H,3,7-8,10-12H2,1-2H3,(H,19,20);1H. The monoisotopic (exact) mass is 326 g/mol. The molecule has 0 aromatic heterocycles. The molecule has 1 aliphatic rings. The molecule has 1 aliphatic carbocycles. The van der Waals surface area contributed by atoms with Crippen molar-refractivity contribution < 1.29 is 9.53 Å². The second-order valence-electron chi connectivity index (χ2n) is 5.84. The number of hydrogen-bond acceptors (Lipinski definition) is 3. The van der Waals surface area contributed by atoms with Crippen molar-refractivity contribution in [3.8, 4) is 5.75 Å². The Kier molecular flexibility index (Phi) is 8.28. The van der Waals surface area contributed by atoms with E-state index in [2.05, 4.69) is 17.6 Å². The van der Waals surface area contributed by atoms with Crippen LogP contribution >= 0.6 is 12.4 Å². The summed E-state index contributed by atoms with van der Waals surface area (Å²) in [5, 5.41) is 6.13. The van der Waals surface area contributed by atoms with E-state index in [9.17, 15) is 4.79 Å². The van der Waals surface area contributed by atoms with Crippen molar-refractivity contribution in [2.45, 2.75) is 39.2 Å². The number of ether oxygens (including phenoxy) is 1. The average molecular weight is 327 g/mol. The number of benzene rings is 1. The molecule has 0 bridgehead atoms. The molecular formula is C17H27ClN2O2. The fourth-order valence-electron chi connectivity index (χ4n) is 2.15. The van der Waals surface area contributed by atoms with Crippen molar-refractivity contribution >= 4 is 18.3 Å². The summed E-state index contributed by atoms with van der Waals surface area (Å²) < 4.78 is 5.91.